The van der Waals surface area contributed by atoms with Crippen molar-refractivity contribution in [2.45, 2.75) is 12.9 Å². The number of nitrogens with two attached hydrogens (primary N) is 2. The lowest BCUT2D eigenvalue weighted by Crippen LogP contribution is -2.19. The third kappa shape index (κ3) is 2.62. The largest absolute Gasteiger partial charge is 0.573 e. The molecule has 0 spiro atoms. The highest BCUT2D eigenvalue weighted by Gasteiger charge is 2.32. The average molecular weight is 223 g/mol. The molecule has 0 aliphatic rings. The fourth-order valence-corrected chi connectivity index (χ4v) is 0.948. The predicted molar refractivity (Wildman–Crippen MR) is 44.9 cm³/mol. The summed E-state index contributed by atoms with van der Waals surface area (Å²) in [5, 5.41) is 9.26. The smallest absolute Gasteiger partial charge is 0.504 e. The van der Waals surface area contributed by atoms with Gasteiger partial charge < -0.3 is 21.3 Å². The van der Waals surface area contributed by atoms with Gasteiger partial charge in [0.15, 0.2) is 17.3 Å². The van der Waals surface area contributed by atoms with E-state index in [0.29, 0.717) is 0 Å². The summed E-state index contributed by atoms with van der Waals surface area (Å²) < 4.78 is 39.3. The molecular weight excluding hydrogens is 215 g/mol. The summed E-state index contributed by atoms with van der Waals surface area (Å²) in [6, 6.07) is 0. The Balaban J connectivity index is 3.14. The van der Waals surface area contributed by atoms with Crippen LogP contribution in [0.25, 0.3) is 0 Å². The fourth-order valence-electron chi connectivity index (χ4n) is 0.948. The number of ether oxygens (including phenoxy) is 1. The molecule has 0 fully saturated rings. The number of aromatic hydroxyl groups is 1. The molecule has 0 bridgehead atoms. The molecular formula is C7H8F3N3O2. The summed E-state index contributed by atoms with van der Waals surface area (Å²) in [5.74, 6) is -1.55. The van der Waals surface area contributed by atoms with E-state index in [2.05, 4.69) is 9.72 Å². The number of aromatic nitrogens is 1. The van der Waals surface area contributed by atoms with Crippen LogP contribution in [0.2, 0.25) is 0 Å². The third-order valence-corrected chi connectivity index (χ3v) is 1.58. The van der Waals surface area contributed by atoms with Crippen LogP contribution >= 0.6 is 0 Å². The minimum atomic E-state index is -4.87. The normalized spacial score (nSPS) is 11.5. The number of hydrogen-bond donors (Lipinski definition) is 3. The molecule has 0 unspecified atom stereocenters. The van der Waals surface area contributed by atoms with Crippen molar-refractivity contribution in [3.05, 3.63) is 11.8 Å². The summed E-state index contributed by atoms with van der Waals surface area (Å²) in [6.45, 7) is -0.343. The van der Waals surface area contributed by atoms with Crippen LogP contribution in [0.1, 0.15) is 5.56 Å². The lowest BCUT2D eigenvalue weighted by atomic mass is 10.2. The lowest BCUT2D eigenvalue weighted by Gasteiger charge is -2.13. The van der Waals surface area contributed by atoms with Gasteiger partial charge in [-0.25, -0.2) is 4.98 Å². The highest BCUT2D eigenvalue weighted by molar-refractivity contribution is 5.55. The molecule has 84 valence electrons. The first-order valence-corrected chi connectivity index (χ1v) is 3.77. The van der Waals surface area contributed by atoms with E-state index in [1.54, 1.807) is 0 Å². The summed E-state index contributed by atoms with van der Waals surface area (Å²) >= 11 is 0. The van der Waals surface area contributed by atoms with Gasteiger partial charge in [0.05, 0.1) is 11.8 Å². The van der Waals surface area contributed by atoms with Crippen LogP contribution in [0.5, 0.6) is 11.5 Å². The number of nitrogens with zero attached hydrogens (tertiary/aromatic N) is 1. The van der Waals surface area contributed by atoms with Crippen molar-refractivity contribution in [2.75, 3.05) is 5.73 Å². The van der Waals surface area contributed by atoms with Crippen molar-refractivity contribution in [2.24, 2.45) is 5.73 Å². The van der Waals surface area contributed by atoms with Crippen molar-refractivity contribution < 1.29 is 23.0 Å². The summed E-state index contributed by atoms with van der Waals surface area (Å²) in [7, 11) is 0. The van der Waals surface area contributed by atoms with Crippen LogP contribution in [0.4, 0.5) is 19.0 Å². The maximum Gasteiger partial charge on any atom is 0.573 e. The first kappa shape index (κ1) is 11.4. The topological polar surface area (TPSA) is 94.4 Å². The van der Waals surface area contributed by atoms with E-state index >= 15 is 0 Å². The molecule has 0 aliphatic carbocycles. The van der Waals surface area contributed by atoms with Crippen LogP contribution in [0.3, 0.4) is 0 Å². The van der Waals surface area contributed by atoms with Crippen LogP contribution in [0.15, 0.2) is 6.20 Å². The molecule has 0 saturated carbocycles. The first-order chi connectivity index (χ1) is 6.85. The van der Waals surface area contributed by atoms with Gasteiger partial charge >= 0.3 is 6.36 Å². The Morgan fingerprint density at radius 1 is 1.47 bits per heavy atom. The third-order valence-electron chi connectivity index (χ3n) is 1.58. The SMILES string of the molecule is NCc1c(OC(F)(F)F)cnc(N)c1O. The van der Waals surface area contributed by atoms with Gasteiger partial charge in [-0.3, -0.25) is 0 Å². The van der Waals surface area contributed by atoms with Gasteiger partial charge in [-0.1, -0.05) is 0 Å². The standard InChI is InChI=1S/C7H8F3N3O2/c8-7(9,10)15-4-2-13-6(12)5(14)3(4)1-11/h2,14H,1,11H2,(H2,12,13). The molecule has 0 aliphatic heterocycles. The quantitative estimate of drug-likeness (QED) is 0.686. The molecule has 1 rings (SSSR count). The number of rotatable bonds is 2. The van der Waals surface area contributed by atoms with Crippen LogP contribution in [0, 0.1) is 0 Å². The van der Waals surface area contributed by atoms with Crippen molar-refractivity contribution in [3.63, 3.8) is 0 Å². The van der Waals surface area contributed by atoms with E-state index < -0.39 is 17.9 Å². The predicted octanol–water partition coefficient (Wildman–Crippen LogP) is 0.727. The summed E-state index contributed by atoms with van der Waals surface area (Å²) in [5.41, 5.74) is 10.1. The highest BCUT2D eigenvalue weighted by atomic mass is 19.4. The minimum absolute atomic E-state index is 0.236. The second-order valence-corrected chi connectivity index (χ2v) is 2.59. The van der Waals surface area contributed by atoms with Gasteiger partial charge in [-0.15, -0.1) is 13.2 Å². The van der Waals surface area contributed by atoms with E-state index in [1.807, 2.05) is 0 Å². The molecule has 0 saturated heterocycles. The maximum absolute atomic E-state index is 11.9. The number of pyridine rings is 1. The Morgan fingerprint density at radius 3 is 2.53 bits per heavy atom. The number of alkyl halides is 3. The first-order valence-electron chi connectivity index (χ1n) is 3.77. The van der Waals surface area contributed by atoms with Crippen molar-refractivity contribution in [1.82, 2.24) is 4.98 Å². The molecule has 15 heavy (non-hydrogen) atoms. The Morgan fingerprint density at radius 2 is 2.07 bits per heavy atom. The van der Waals surface area contributed by atoms with Crippen LogP contribution in [-0.4, -0.2) is 16.5 Å². The minimum Gasteiger partial charge on any atom is -0.504 e. The van der Waals surface area contributed by atoms with E-state index in [9.17, 15) is 18.3 Å². The average Bonchev–Trinajstić information content (AvgIpc) is 2.10. The molecule has 0 aromatic carbocycles. The molecule has 0 atom stereocenters. The molecule has 5 nitrogen and oxygen atoms in total. The Hall–Kier alpha value is -1.70. The molecule has 5 N–H and O–H groups in total. The Labute approximate surface area is 82.5 Å². The molecule has 0 amide bonds. The number of anilines is 1. The van der Waals surface area contributed by atoms with Gasteiger partial charge in [0.25, 0.3) is 0 Å². The van der Waals surface area contributed by atoms with E-state index in [0.717, 1.165) is 6.20 Å². The van der Waals surface area contributed by atoms with Gasteiger partial charge in [-0.2, -0.15) is 0 Å². The zero-order valence-corrected chi connectivity index (χ0v) is 7.38. The second-order valence-electron chi connectivity index (χ2n) is 2.59. The van der Waals surface area contributed by atoms with E-state index in [1.165, 1.54) is 0 Å². The molecule has 1 aromatic rings. The van der Waals surface area contributed by atoms with Crippen molar-refractivity contribution in [3.8, 4) is 11.5 Å². The molecule has 1 heterocycles. The van der Waals surface area contributed by atoms with Crippen LogP contribution in [-0.2, 0) is 6.54 Å². The number of nitrogen functional groups attached to an aromatic ring is 1. The maximum atomic E-state index is 11.9. The lowest BCUT2D eigenvalue weighted by molar-refractivity contribution is -0.275. The number of hydrogen-bond acceptors (Lipinski definition) is 5. The second kappa shape index (κ2) is 3.81. The van der Waals surface area contributed by atoms with Crippen molar-refractivity contribution >= 4 is 5.82 Å². The molecule has 0 radical (unpaired) electrons. The summed E-state index contributed by atoms with van der Waals surface area (Å²) in [6.07, 6.45) is -4.11. The van der Waals surface area contributed by atoms with Gasteiger partial charge in [-0.05, 0) is 0 Å². The monoisotopic (exact) mass is 223 g/mol. The Bertz CT molecular complexity index is 367. The fraction of sp³-hybridized carbons (Fsp3) is 0.286. The summed E-state index contributed by atoms with van der Waals surface area (Å²) in [4.78, 5) is 3.32. The molecule has 1 aromatic heterocycles. The highest BCUT2D eigenvalue weighted by Crippen LogP contribution is 2.33. The molecule has 8 heteroatoms. The Kier molecular flexibility index (Phi) is 2.89. The van der Waals surface area contributed by atoms with Crippen molar-refractivity contribution in [1.29, 1.82) is 0 Å². The van der Waals surface area contributed by atoms with Gasteiger partial charge in [0, 0.05) is 6.54 Å². The zero-order valence-electron chi connectivity index (χ0n) is 7.38. The van der Waals surface area contributed by atoms with Gasteiger partial charge in [0.1, 0.15) is 0 Å². The van der Waals surface area contributed by atoms with Crippen LogP contribution < -0.4 is 16.2 Å². The number of halogens is 3. The van der Waals surface area contributed by atoms with Gasteiger partial charge in [0.2, 0.25) is 0 Å². The van der Waals surface area contributed by atoms with E-state index in [4.69, 9.17) is 11.5 Å². The zero-order chi connectivity index (χ0) is 11.6. The van der Waals surface area contributed by atoms with E-state index in [-0.39, 0.29) is 17.9 Å².